The molecule has 0 aromatic carbocycles. The van der Waals surface area contributed by atoms with Gasteiger partial charge in [0.2, 0.25) is 0 Å². The van der Waals surface area contributed by atoms with E-state index < -0.39 is 0 Å². The second-order valence-corrected chi connectivity index (χ2v) is 31.6. The lowest BCUT2D eigenvalue weighted by atomic mass is 10.1. The van der Waals surface area contributed by atoms with Gasteiger partial charge in [0.05, 0.1) is 153 Å². The van der Waals surface area contributed by atoms with Crippen LogP contribution in [0.1, 0.15) is 71.6 Å². The molecule has 0 radical (unpaired) electrons. The molecular weight excluding hydrogens is 1420 g/mol. The molecule has 15 aromatic rings. The Hall–Kier alpha value is -10.5. The number of nitrogen functional groups attached to an aromatic ring is 5. The van der Waals surface area contributed by atoms with Crippen LogP contribution in [-0.4, -0.2) is 144 Å². The summed E-state index contributed by atoms with van der Waals surface area (Å²) in [6.07, 6.45) is 21.7. The number of nitrogens with zero attached hydrogens (tertiary/aromatic N) is 11. The molecule has 0 amide bonds. The number of thiophene rings is 5. The first-order valence-corrected chi connectivity index (χ1v) is 38.6. The topological polar surface area (TPSA) is 426 Å². The van der Waals surface area contributed by atoms with Crippen molar-refractivity contribution in [2.75, 3.05) is 95.3 Å². The van der Waals surface area contributed by atoms with Gasteiger partial charge in [0.25, 0.3) is 0 Å². The van der Waals surface area contributed by atoms with E-state index >= 15 is 0 Å². The van der Waals surface area contributed by atoms with Crippen molar-refractivity contribution in [1.29, 1.82) is 0 Å². The molecule has 3 fully saturated rings. The SMILES string of the molecule is COC(C)(C)CNc1cc(N)nc2cc(-c3ccn[nH]3)sc12.Cn1cc(-c2cc3nc(N)cc(NCCCO)c3s2)cn1.Nc1cc(NC2CCCC2)c2sc(-c3ccn[nH]3)cc2n1.Nc1cc(NC2CCCC2)c2sc(-c3ccn[nH]3)cc2n1.Nc1cc(NC2COC2)c2sc(-c3ccn[nH]3)cc2n1. The lowest BCUT2D eigenvalue weighted by Crippen LogP contribution is -2.40. The van der Waals surface area contributed by atoms with Gasteiger partial charge in [-0.2, -0.15) is 25.5 Å². The Morgan fingerprint density at radius 2 is 0.838 bits per heavy atom. The predicted octanol–water partition coefficient (Wildman–Crippen LogP) is 14.5. The maximum atomic E-state index is 8.88. The Morgan fingerprint density at radius 3 is 1.16 bits per heavy atom. The molecule has 16 heterocycles. The third-order valence-electron chi connectivity index (χ3n) is 17.9. The van der Waals surface area contributed by atoms with Crippen molar-refractivity contribution in [3.05, 3.63) is 122 Å². The Labute approximate surface area is 623 Å². The van der Waals surface area contributed by atoms with E-state index in [0.717, 1.165) is 136 Å². The third kappa shape index (κ3) is 17.3. The summed E-state index contributed by atoms with van der Waals surface area (Å²) in [5.74, 6) is 2.65. The first-order valence-electron chi connectivity index (χ1n) is 34.5. The Bertz CT molecular complexity index is 5200. The van der Waals surface area contributed by atoms with E-state index in [1.807, 2.05) is 106 Å². The van der Waals surface area contributed by atoms with Crippen molar-refractivity contribution in [3.63, 3.8) is 0 Å². The highest BCUT2D eigenvalue weighted by atomic mass is 32.1. The summed E-state index contributed by atoms with van der Waals surface area (Å²) in [6, 6.07) is 29.0. The zero-order chi connectivity index (χ0) is 72.6. The first-order chi connectivity index (χ1) is 51.0. The molecule has 28 nitrogen and oxygen atoms in total. The normalized spacial score (nSPS) is 14.0. The fraction of sp³-hybridized carbons (Fsp3) is 0.306. The molecule has 33 heteroatoms. The molecule has 2 aliphatic carbocycles. The number of nitrogens with two attached hydrogens (primary N) is 5. The molecule has 105 heavy (non-hydrogen) atoms. The minimum atomic E-state index is -0.256. The van der Waals surface area contributed by atoms with Crippen LogP contribution in [0.3, 0.4) is 0 Å². The Kier molecular flexibility index (Phi) is 21.9. The standard InChI is InChI=1S/C15H19N5OS.2C15H17N5S.C14H17N5OS.C13H13N5OS/c1-15(2,21-3)8-17-10-7-13(16)19-11-6-12(22-14(10)11)9-4-5-18-20-9;2*16-14-8-12(18-9-3-1-2-4-9)15-11(19-14)7-13(21-15)10-5-6-17-20-10;1-19-8-9(7-17-19)12-5-11-14(21-12)10(6-13(15)18-11)16-3-2-4-20;14-12-4-10(16-7-5-19-6-7)13-9(17-12)3-11(20-13)8-1-2-15-18-8/h4-7H,8H2,1-3H3,(H,18,20)(H3,16,17,19);2*5-9H,1-4H2,(H,17,20)(H3,16,18,19);5-8,20H,2-4H2,1H3,(H3,15,16,18);1-4,7H,5-6H2,(H,15,18)(H3,14,16,17). The largest absolute Gasteiger partial charge is 0.396 e. The van der Waals surface area contributed by atoms with E-state index in [9.17, 15) is 0 Å². The van der Waals surface area contributed by atoms with Crippen LogP contribution in [0.4, 0.5) is 57.5 Å². The van der Waals surface area contributed by atoms with Crippen molar-refractivity contribution >= 4 is 165 Å². The molecule has 2 saturated carbocycles. The Balaban J connectivity index is 0.000000111. The van der Waals surface area contributed by atoms with Crippen LogP contribution >= 0.6 is 56.7 Å². The zero-order valence-electron chi connectivity index (χ0n) is 58.3. The summed E-state index contributed by atoms with van der Waals surface area (Å²) in [4.78, 5) is 27.7. The number of aryl methyl sites for hydroxylation is 1. The number of aromatic amines is 4. The summed E-state index contributed by atoms with van der Waals surface area (Å²) in [5.41, 5.74) is 44.2. The van der Waals surface area contributed by atoms with Crippen molar-refractivity contribution in [2.45, 2.75) is 95.4 Å². The molecule has 0 unspecified atom stereocenters. The van der Waals surface area contributed by atoms with E-state index in [-0.39, 0.29) is 12.2 Å². The van der Waals surface area contributed by atoms with E-state index in [1.165, 1.54) is 60.8 Å². The summed E-state index contributed by atoms with van der Waals surface area (Å²) in [6.45, 7) is 7.10. The predicted molar refractivity (Wildman–Crippen MR) is 432 cm³/mol. The number of anilines is 10. The molecule has 15 aromatic heterocycles. The third-order valence-corrected chi connectivity index (χ3v) is 23.9. The Morgan fingerprint density at radius 1 is 0.495 bits per heavy atom. The number of hydrogen-bond acceptors (Lipinski definition) is 28. The van der Waals surface area contributed by atoms with Gasteiger partial charge in [-0.15, -0.1) is 56.7 Å². The van der Waals surface area contributed by atoms with Crippen molar-refractivity contribution in [2.24, 2.45) is 7.05 Å². The summed E-state index contributed by atoms with van der Waals surface area (Å²) >= 11 is 8.43. The lowest BCUT2D eigenvalue weighted by Gasteiger charge is -2.28. The van der Waals surface area contributed by atoms with Gasteiger partial charge in [-0.05, 0) is 101 Å². The van der Waals surface area contributed by atoms with Crippen LogP contribution in [0, 0.1) is 0 Å². The molecule has 20 N–H and O–H groups in total. The van der Waals surface area contributed by atoms with Gasteiger partial charge in [0.1, 0.15) is 29.1 Å². The molecular formula is C72H83N25O3S5. The molecule has 3 aliphatic rings. The number of aliphatic hydroxyl groups is 1. The number of aliphatic hydroxyl groups excluding tert-OH is 1. The monoisotopic (exact) mass is 1510 g/mol. The fourth-order valence-corrected chi connectivity index (χ4v) is 17.7. The van der Waals surface area contributed by atoms with Gasteiger partial charge in [0, 0.05) is 118 Å². The van der Waals surface area contributed by atoms with Crippen molar-refractivity contribution in [3.8, 4) is 52.7 Å². The number of methoxy groups -OCH3 is 1. The maximum Gasteiger partial charge on any atom is 0.126 e. The van der Waals surface area contributed by atoms with E-state index in [1.54, 1.807) is 93.3 Å². The van der Waals surface area contributed by atoms with Gasteiger partial charge in [-0.3, -0.25) is 25.1 Å². The van der Waals surface area contributed by atoms with Crippen LogP contribution in [0.15, 0.2) is 122 Å². The number of H-pyrrole nitrogens is 4. The van der Waals surface area contributed by atoms with Gasteiger partial charge in [-0.1, -0.05) is 25.7 Å². The number of aromatic nitrogens is 15. The highest BCUT2D eigenvalue weighted by Gasteiger charge is 2.24. The summed E-state index contributed by atoms with van der Waals surface area (Å²) in [7, 11) is 3.61. The number of pyridine rings is 5. The van der Waals surface area contributed by atoms with Gasteiger partial charge in [-0.25, -0.2) is 24.9 Å². The molecule has 0 bridgehead atoms. The molecule has 544 valence electrons. The number of ether oxygens (including phenoxy) is 2. The minimum Gasteiger partial charge on any atom is -0.396 e. The van der Waals surface area contributed by atoms with Crippen LogP contribution in [0.2, 0.25) is 0 Å². The number of rotatable bonds is 19. The number of fused-ring (bicyclic) bond motifs is 5. The molecule has 0 atom stereocenters. The van der Waals surface area contributed by atoms with Crippen LogP contribution < -0.4 is 55.3 Å². The van der Waals surface area contributed by atoms with E-state index in [0.29, 0.717) is 66.7 Å². The van der Waals surface area contributed by atoms with Crippen LogP contribution in [0.5, 0.6) is 0 Å². The zero-order valence-corrected chi connectivity index (χ0v) is 62.4. The smallest absolute Gasteiger partial charge is 0.126 e. The van der Waals surface area contributed by atoms with Gasteiger partial charge in [0.15, 0.2) is 0 Å². The van der Waals surface area contributed by atoms with E-state index in [2.05, 4.69) is 110 Å². The van der Waals surface area contributed by atoms with Crippen molar-refractivity contribution in [1.82, 2.24) is 75.5 Å². The number of hydrogen-bond donors (Lipinski definition) is 15. The molecule has 0 spiro atoms. The van der Waals surface area contributed by atoms with Gasteiger partial charge >= 0.3 is 0 Å². The summed E-state index contributed by atoms with van der Waals surface area (Å²) < 4.78 is 18.0. The first kappa shape index (κ1) is 71.5. The second-order valence-electron chi connectivity index (χ2n) is 26.3. The average Bonchev–Trinajstić information content (AvgIpc) is 1.69. The number of nitrogens with one attached hydrogen (secondary N) is 9. The van der Waals surface area contributed by atoms with Crippen molar-refractivity contribution < 1.29 is 14.6 Å². The second kappa shape index (κ2) is 32.2. The average molecular weight is 1510 g/mol. The lowest BCUT2D eigenvalue weighted by molar-refractivity contribution is 0.0211. The fourth-order valence-electron chi connectivity index (χ4n) is 12.4. The highest BCUT2D eigenvalue weighted by molar-refractivity contribution is 7.24. The summed E-state index contributed by atoms with van der Waals surface area (Å²) in [5, 5.41) is 58.5. The quantitative estimate of drug-likeness (QED) is 0.0334. The van der Waals surface area contributed by atoms with Gasteiger partial charge < -0.3 is 69.8 Å². The molecule has 18 rings (SSSR count). The van der Waals surface area contributed by atoms with E-state index in [4.69, 9.17) is 43.2 Å². The molecule has 1 aliphatic heterocycles. The minimum absolute atomic E-state index is 0.169. The maximum absolute atomic E-state index is 8.88. The van der Waals surface area contributed by atoms with Crippen LogP contribution in [0.25, 0.3) is 104 Å². The highest BCUT2D eigenvalue weighted by Crippen LogP contribution is 2.43. The van der Waals surface area contributed by atoms with Crippen LogP contribution in [-0.2, 0) is 16.5 Å². The molecule has 1 saturated heterocycles.